The zero-order chi connectivity index (χ0) is 17.3. The maximum Gasteiger partial charge on any atom is 0.339 e. The lowest BCUT2D eigenvalue weighted by molar-refractivity contribution is 0.0686. The Balaban J connectivity index is 2.02. The van der Waals surface area contributed by atoms with E-state index in [1.807, 2.05) is 43.5 Å². The van der Waals surface area contributed by atoms with Crippen molar-refractivity contribution in [3.63, 3.8) is 0 Å². The van der Waals surface area contributed by atoms with E-state index in [0.29, 0.717) is 5.75 Å². The standard InChI is InChI=1S/C20H21NO3/c1-20(2,15-9-4-5-10-16(15)21-3)17-12-11-13-7-6-8-14(19(22)23)18(13)24-17/h4-12,17,21H,1-3H3,(H,22,23). The number of carboxylic acid groups (broad SMARTS) is 1. The molecule has 2 N–H and O–H groups in total. The lowest BCUT2D eigenvalue weighted by atomic mass is 9.77. The number of fused-ring (bicyclic) bond motifs is 1. The molecular weight excluding hydrogens is 302 g/mol. The highest BCUT2D eigenvalue weighted by Gasteiger charge is 2.36. The molecule has 1 unspecified atom stereocenters. The summed E-state index contributed by atoms with van der Waals surface area (Å²) in [5.74, 6) is -0.540. The Bertz CT molecular complexity index is 808. The number of carboxylic acids is 1. The Labute approximate surface area is 141 Å². The van der Waals surface area contributed by atoms with Crippen LogP contribution in [0.15, 0.2) is 48.5 Å². The summed E-state index contributed by atoms with van der Waals surface area (Å²) in [5, 5.41) is 12.6. The lowest BCUT2D eigenvalue weighted by Crippen LogP contribution is -2.38. The molecule has 0 spiro atoms. The third-order valence-corrected chi connectivity index (χ3v) is 4.57. The Morgan fingerprint density at radius 1 is 1.17 bits per heavy atom. The summed E-state index contributed by atoms with van der Waals surface area (Å²) >= 11 is 0. The first-order valence-electron chi connectivity index (χ1n) is 7.93. The van der Waals surface area contributed by atoms with Crippen molar-refractivity contribution in [2.75, 3.05) is 12.4 Å². The van der Waals surface area contributed by atoms with E-state index in [2.05, 4.69) is 25.2 Å². The van der Waals surface area contributed by atoms with Crippen LogP contribution >= 0.6 is 0 Å². The average Bonchev–Trinajstić information content (AvgIpc) is 2.60. The fraction of sp³-hybridized carbons (Fsp3) is 0.250. The molecule has 1 atom stereocenters. The minimum atomic E-state index is -0.977. The Morgan fingerprint density at radius 2 is 1.92 bits per heavy atom. The number of carbonyl (C=O) groups is 1. The van der Waals surface area contributed by atoms with Crippen LogP contribution in [0.5, 0.6) is 5.75 Å². The molecule has 4 nitrogen and oxygen atoms in total. The van der Waals surface area contributed by atoms with Crippen molar-refractivity contribution in [1.29, 1.82) is 0 Å². The Morgan fingerprint density at radius 3 is 2.62 bits per heavy atom. The van der Waals surface area contributed by atoms with E-state index in [0.717, 1.165) is 16.8 Å². The third-order valence-electron chi connectivity index (χ3n) is 4.57. The van der Waals surface area contributed by atoms with Crippen molar-refractivity contribution < 1.29 is 14.6 Å². The van der Waals surface area contributed by atoms with E-state index < -0.39 is 5.97 Å². The normalized spacial score (nSPS) is 16.2. The molecule has 3 rings (SSSR count). The quantitative estimate of drug-likeness (QED) is 0.886. The molecule has 0 saturated heterocycles. The van der Waals surface area contributed by atoms with Crippen LogP contribution in [-0.2, 0) is 5.41 Å². The van der Waals surface area contributed by atoms with Crippen LogP contribution in [0.1, 0.15) is 35.3 Å². The van der Waals surface area contributed by atoms with E-state index in [-0.39, 0.29) is 17.1 Å². The van der Waals surface area contributed by atoms with Gasteiger partial charge in [0.1, 0.15) is 17.4 Å². The molecule has 0 bridgehead atoms. The molecule has 4 heteroatoms. The van der Waals surface area contributed by atoms with E-state index in [4.69, 9.17) is 4.74 Å². The van der Waals surface area contributed by atoms with Crippen molar-refractivity contribution in [2.45, 2.75) is 25.4 Å². The largest absolute Gasteiger partial charge is 0.484 e. The zero-order valence-corrected chi connectivity index (χ0v) is 14.0. The molecule has 2 aromatic rings. The van der Waals surface area contributed by atoms with Gasteiger partial charge in [-0.25, -0.2) is 4.79 Å². The van der Waals surface area contributed by atoms with Crippen molar-refractivity contribution >= 4 is 17.7 Å². The smallest absolute Gasteiger partial charge is 0.339 e. The number of benzene rings is 2. The van der Waals surface area contributed by atoms with Gasteiger partial charge in [-0.3, -0.25) is 0 Å². The number of nitrogens with one attached hydrogen (secondary N) is 1. The number of para-hydroxylation sites is 2. The first kappa shape index (κ1) is 16.1. The molecular formula is C20H21NO3. The zero-order valence-electron chi connectivity index (χ0n) is 14.0. The second-order valence-electron chi connectivity index (χ2n) is 6.44. The molecule has 1 aliphatic heterocycles. The van der Waals surface area contributed by atoms with Crippen LogP contribution in [0.2, 0.25) is 0 Å². The van der Waals surface area contributed by atoms with E-state index >= 15 is 0 Å². The van der Waals surface area contributed by atoms with Gasteiger partial charge >= 0.3 is 5.97 Å². The molecule has 1 heterocycles. The van der Waals surface area contributed by atoms with Crippen LogP contribution < -0.4 is 10.1 Å². The summed E-state index contributed by atoms with van der Waals surface area (Å²) in [6.45, 7) is 4.21. The number of anilines is 1. The summed E-state index contributed by atoms with van der Waals surface area (Å²) in [6, 6.07) is 13.3. The molecule has 1 aliphatic rings. The van der Waals surface area contributed by atoms with Crippen LogP contribution in [-0.4, -0.2) is 24.2 Å². The van der Waals surface area contributed by atoms with Crippen LogP contribution in [0, 0.1) is 0 Å². The fourth-order valence-electron chi connectivity index (χ4n) is 3.15. The SMILES string of the molecule is CNc1ccccc1C(C)(C)C1C=Cc2cccc(C(=O)O)c2O1. The molecule has 0 radical (unpaired) electrons. The summed E-state index contributed by atoms with van der Waals surface area (Å²) in [6.07, 6.45) is 3.68. The van der Waals surface area contributed by atoms with Gasteiger partial charge in [0.2, 0.25) is 0 Å². The summed E-state index contributed by atoms with van der Waals surface area (Å²) < 4.78 is 6.15. The van der Waals surface area contributed by atoms with Gasteiger partial charge in [-0.1, -0.05) is 50.3 Å². The van der Waals surface area contributed by atoms with Crippen LogP contribution in [0.25, 0.3) is 6.08 Å². The highest BCUT2D eigenvalue weighted by molar-refractivity contribution is 5.92. The summed E-state index contributed by atoms with van der Waals surface area (Å²) in [4.78, 5) is 11.5. The minimum Gasteiger partial charge on any atom is -0.484 e. The van der Waals surface area contributed by atoms with Crippen molar-refractivity contribution in [1.82, 2.24) is 0 Å². The minimum absolute atomic E-state index is 0.194. The van der Waals surface area contributed by atoms with Crippen LogP contribution in [0.3, 0.4) is 0 Å². The van der Waals surface area contributed by atoms with Crippen LogP contribution in [0.4, 0.5) is 5.69 Å². The average molecular weight is 323 g/mol. The van der Waals surface area contributed by atoms with E-state index in [1.54, 1.807) is 12.1 Å². The van der Waals surface area contributed by atoms with Gasteiger partial charge in [0, 0.05) is 23.7 Å². The van der Waals surface area contributed by atoms with Gasteiger partial charge in [-0.15, -0.1) is 0 Å². The number of rotatable bonds is 4. The van der Waals surface area contributed by atoms with Crippen molar-refractivity contribution in [3.05, 3.63) is 65.2 Å². The monoisotopic (exact) mass is 323 g/mol. The number of ether oxygens (including phenoxy) is 1. The second kappa shape index (κ2) is 6.04. The highest BCUT2D eigenvalue weighted by Crippen LogP contribution is 2.39. The maximum atomic E-state index is 11.5. The first-order valence-corrected chi connectivity index (χ1v) is 7.93. The predicted octanol–water partition coefficient (Wildman–Crippen LogP) is 4.18. The number of hydrogen-bond donors (Lipinski definition) is 2. The topological polar surface area (TPSA) is 58.6 Å². The predicted molar refractivity (Wildman–Crippen MR) is 95.9 cm³/mol. The summed E-state index contributed by atoms with van der Waals surface area (Å²) in [5.41, 5.74) is 2.82. The van der Waals surface area contributed by atoms with Crippen molar-refractivity contribution in [2.24, 2.45) is 0 Å². The van der Waals surface area contributed by atoms with E-state index in [9.17, 15) is 9.90 Å². The summed E-state index contributed by atoms with van der Waals surface area (Å²) in [7, 11) is 1.89. The highest BCUT2D eigenvalue weighted by atomic mass is 16.5. The Hall–Kier alpha value is -2.75. The number of hydrogen-bond acceptors (Lipinski definition) is 3. The van der Waals surface area contributed by atoms with Gasteiger partial charge in [-0.2, -0.15) is 0 Å². The fourth-order valence-corrected chi connectivity index (χ4v) is 3.15. The lowest BCUT2D eigenvalue weighted by Gasteiger charge is -2.36. The van der Waals surface area contributed by atoms with Gasteiger partial charge < -0.3 is 15.2 Å². The van der Waals surface area contributed by atoms with Gasteiger partial charge in [0.05, 0.1) is 0 Å². The molecule has 0 fully saturated rings. The molecule has 0 saturated carbocycles. The Kier molecular flexibility index (Phi) is 4.06. The third kappa shape index (κ3) is 2.64. The van der Waals surface area contributed by atoms with Gasteiger partial charge in [0.25, 0.3) is 0 Å². The molecule has 124 valence electrons. The molecule has 24 heavy (non-hydrogen) atoms. The maximum absolute atomic E-state index is 11.5. The molecule has 0 aliphatic carbocycles. The van der Waals surface area contributed by atoms with Crippen molar-refractivity contribution in [3.8, 4) is 5.75 Å². The van der Waals surface area contributed by atoms with E-state index in [1.165, 1.54) is 0 Å². The number of aromatic carboxylic acids is 1. The second-order valence-corrected chi connectivity index (χ2v) is 6.44. The molecule has 0 aromatic heterocycles. The van der Waals surface area contributed by atoms with Gasteiger partial charge in [-0.05, 0) is 23.8 Å². The first-order chi connectivity index (χ1) is 11.4. The molecule has 2 aromatic carbocycles. The molecule has 0 amide bonds. The van der Waals surface area contributed by atoms with Gasteiger partial charge in [0.15, 0.2) is 0 Å².